The third kappa shape index (κ3) is 3.87. The highest BCUT2D eigenvalue weighted by Gasteiger charge is 2.40. The number of benzene rings is 2. The van der Waals surface area contributed by atoms with Crippen molar-refractivity contribution in [3.05, 3.63) is 65.0 Å². The van der Waals surface area contributed by atoms with Crippen LogP contribution in [-0.4, -0.2) is 36.0 Å². The van der Waals surface area contributed by atoms with Gasteiger partial charge in [-0.3, -0.25) is 0 Å². The van der Waals surface area contributed by atoms with Crippen molar-refractivity contribution in [2.75, 3.05) is 13.1 Å². The molecule has 3 aromatic rings. The lowest BCUT2D eigenvalue weighted by atomic mass is 10.0. The van der Waals surface area contributed by atoms with Gasteiger partial charge in [0.25, 0.3) is 0 Å². The molecule has 0 bridgehead atoms. The Balaban J connectivity index is 1.49. The van der Waals surface area contributed by atoms with Crippen molar-refractivity contribution >= 4 is 21.6 Å². The monoisotopic (exact) mass is 443 g/mol. The van der Waals surface area contributed by atoms with Gasteiger partial charge in [0.05, 0.1) is 16.4 Å². The van der Waals surface area contributed by atoms with E-state index in [1.807, 2.05) is 0 Å². The van der Waals surface area contributed by atoms with Crippen LogP contribution >= 0.6 is 11.6 Å². The maximum Gasteiger partial charge on any atom is 0.416 e. The summed E-state index contributed by atoms with van der Waals surface area (Å²) >= 11 is 5.85. The molecular weight excluding hydrogens is 431 g/mol. The van der Waals surface area contributed by atoms with E-state index >= 15 is 0 Å². The zero-order valence-corrected chi connectivity index (χ0v) is 16.2. The van der Waals surface area contributed by atoms with E-state index in [0.29, 0.717) is 5.02 Å². The lowest BCUT2D eigenvalue weighted by molar-refractivity contribution is -0.137. The predicted molar refractivity (Wildman–Crippen MR) is 97.7 cm³/mol. The fourth-order valence-electron chi connectivity index (χ4n) is 2.92. The molecule has 11 heteroatoms. The molecule has 0 N–H and O–H groups in total. The maximum absolute atomic E-state index is 12.9. The average Bonchev–Trinajstić information content (AvgIpc) is 3.09. The van der Waals surface area contributed by atoms with Crippen LogP contribution in [0.5, 0.6) is 0 Å². The summed E-state index contributed by atoms with van der Waals surface area (Å²) in [6.45, 7) is 0.248. The van der Waals surface area contributed by atoms with Crippen molar-refractivity contribution in [2.45, 2.75) is 17.0 Å². The average molecular weight is 444 g/mol. The van der Waals surface area contributed by atoms with Crippen LogP contribution in [0.3, 0.4) is 0 Å². The number of hydrogen-bond acceptors (Lipinski definition) is 5. The third-order valence-electron chi connectivity index (χ3n) is 4.52. The van der Waals surface area contributed by atoms with Gasteiger partial charge >= 0.3 is 6.18 Å². The molecule has 1 aromatic heterocycles. The molecule has 1 fully saturated rings. The Bertz CT molecular complexity index is 1160. The van der Waals surface area contributed by atoms with Crippen molar-refractivity contribution in [1.29, 1.82) is 0 Å². The van der Waals surface area contributed by atoms with E-state index in [4.69, 9.17) is 16.1 Å². The molecule has 152 valence electrons. The van der Waals surface area contributed by atoms with Gasteiger partial charge in [0.15, 0.2) is 0 Å². The molecule has 1 aliphatic heterocycles. The van der Waals surface area contributed by atoms with E-state index in [2.05, 4.69) is 10.1 Å². The zero-order valence-electron chi connectivity index (χ0n) is 14.6. The molecule has 29 heavy (non-hydrogen) atoms. The second-order valence-corrected chi connectivity index (χ2v) is 8.89. The topological polar surface area (TPSA) is 76.3 Å². The molecule has 0 atom stereocenters. The van der Waals surface area contributed by atoms with Crippen LogP contribution in [-0.2, 0) is 16.2 Å². The van der Waals surface area contributed by atoms with E-state index < -0.39 is 21.8 Å². The molecule has 0 amide bonds. The maximum atomic E-state index is 12.9. The quantitative estimate of drug-likeness (QED) is 0.604. The summed E-state index contributed by atoms with van der Waals surface area (Å²) in [7, 11) is -3.70. The highest BCUT2D eigenvalue weighted by Crippen LogP contribution is 2.34. The highest BCUT2D eigenvalue weighted by atomic mass is 35.5. The minimum atomic E-state index is -4.48. The number of sulfonamides is 1. The van der Waals surface area contributed by atoms with Crippen LogP contribution in [0.4, 0.5) is 13.2 Å². The number of alkyl halides is 3. The number of aromatic nitrogens is 2. The molecular formula is C18H13ClF3N3O3S. The first kappa shape index (κ1) is 19.9. The van der Waals surface area contributed by atoms with E-state index in [0.717, 1.165) is 12.1 Å². The van der Waals surface area contributed by atoms with Crippen LogP contribution in [0.2, 0.25) is 5.02 Å². The molecule has 1 aliphatic rings. The van der Waals surface area contributed by atoms with E-state index in [1.54, 1.807) is 12.1 Å². The van der Waals surface area contributed by atoms with Crippen LogP contribution in [0.1, 0.15) is 17.4 Å². The van der Waals surface area contributed by atoms with Crippen molar-refractivity contribution in [1.82, 2.24) is 14.4 Å². The SMILES string of the molecule is O=S(=O)(c1cccc(Cl)c1)N1CC(c2nc(-c3cccc(C(F)(F)F)c3)no2)C1. The molecule has 1 saturated heterocycles. The summed E-state index contributed by atoms with van der Waals surface area (Å²) in [5.74, 6) is -0.145. The largest absolute Gasteiger partial charge is 0.416 e. The third-order valence-corrected chi connectivity index (χ3v) is 6.58. The molecule has 0 radical (unpaired) electrons. The van der Waals surface area contributed by atoms with Crippen LogP contribution in [0.15, 0.2) is 57.9 Å². The van der Waals surface area contributed by atoms with Crippen molar-refractivity contribution < 1.29 is 26.1 Å². The second kappa shape index (κ2) is 7.12. The van der Waals surface area contributed by atoms with Gasteiger partial charge in [-0.1, -0.05) is 35.0 Å². The van der Waals surface area contributed by atoms with Gasteiger partial charge in [-0.2, -0.15) is 22.5 Å². The standard InChI is InChI=1S/C18H13ClF3N3O3S/c19-14-5-2-6-15(8-14)29(26,27)25-9-12(10-25)17-23-16(24-28-17)11-3-1-4-13(7-11)18(20,21)22/h1-8,12H,9-10H2. The molecule has 0 spiro atoms. The van der Waals surface area contributed by atoms with Crippen molar-refractivity contribution in [2.24, 2.45) is 0 Å². The minimum Gasteiger partial charge on any atom is -0.339 e. The number of nitrogens with zero attached hydrogens (tertiary/aromatic N) is 3. The van der Waals surface area contributed by atoms with Crippen molar-refractivity contribution in [3.63, 3.8) is 0 Å². The van der Waals surface area contributed by atoms with Gasteiger partial charge in [-0.25, -0.2) is 8.42 Å². The van der Waals surface area contributed by atoms with Crippen molar-refractivity contribution in [3.8, 4) is 11.4 Å². The number of rotatable bonds is 4. The Kier molecular flexibility index (Phi) is 4.88. The summed E-state index contributed by atoms with van der Waals surface area (Å²) in [6.07, 6.45) is -4.48. The van der Waals surface area contributed by atoms with Gasteiger partial charge in [-0.05, 0) is 30.3 Å². The highest BCUT2D eigenvalue weighted by molar-refractivity contribution is 7.89. The first-order valence-corrected chi connectivity index (χ1v) is 10.2. The van der Waals surface area contributed by atoms with E-state index in [-0.39, 0.29) is 41.2 Å². The number of halogens is 4. The molecule has 0 aliphatic carbocycles. The lowest BCUT2D eigenvalue weighted by Gasteiger charge is -2.35. The van der Waals surface area contributed by atoms with Gasteiger partial charge < -0.3 is 4.52 Å². The lowest BCUT2D eigenvalue weighted by Crippen LogP contribution is -2.48. The fraction of sp³-hybridized carbons (Fsp3) is 0.222. The van der Waals surface area contributed by atoms with Gasteiger partial charge in [-0.15, -0.1) is 0 Å². The van der Waals surface area contributed by atoms with Crippen LogP contribution in [0, 0.1) is 0 Å². The molecule has 0 unspecified atom stereocenters. The Hall–Kier alpha value is -2.43. The Labute approximate surface area is 169 Å². The Morgan fingerprint density at radius 3 is 2.52 bits per heavy atom. The Morgan fingerprint density at radius 1 is 1.10 bits per heavy atom. The first-order chi connectivity index (χ1) is 13.6. The summed E-state index contributed by atoms with van der Waals surface area (Å²) in [4.78, 5) is 4.22. The smallest absolute Gasteiger partial charge is 0.339 e. The molecule has 0 saturated carbocycles. The van der Waals surface area contributed by atoms with Gasteiger partial charge in [0.2, 0.25) is 21.7 Å². The van der Waals surface area contributed by atoms with E-state index in [1.165, 1.54) is 28.6 Å². The Morgan fingerprint density at radius 2 is 1.83 bits per heavy atom. The number of hydrogen-bond donors (Lipinski definition) is 0. The minimum absolute atomic E-state index is 0.0160. The predicted octanol–water partition coefficient (Wildman–Crippen LogP) is 4.20. The second-order valence-electron chi connectivity index (χ2n) is 6.51. The van der Waals surface area contributed by atoms with Crippen LogP contribution < -0.4 is 0 Å². The first-order valence-electron chi connectivity index (χ1n) is 8.41. The van der Waals surface area contributed by atoms with Crippen LogP contribution in [0.25, 0.3) is 11.4 Å². The summed E-state index contributed by atoms with van der Waals surface area (Å²) in [5, 5.41) is 4.04. The van der Waals surface area contributed by atoms with Gasteiger partial charge in [0, 0.05) is 23.7 Å². The summed E-state index contributed by atoms with van der Waals surface area (Å²) in [5.41, 5.74) is -0.652. The summed E-state index contributed by atoms with van der Waals surface area (Å²) in [6, 6.07) is 10.5. The zero-order chi connectivity index (χ0) is 20.8. The molecule has 6 nitrogen and oxygen atoms in total. The fourth-order valence-corrected chi connectivity index (χ4v) is 4.75. The normalized spacial score (nSPS) is 16.0. The van der Waals surface area contributed by atoms with Gasteiger partial charge in [0.1, 0.15) is 0 Å². The molecule has 4 rings (SSSR count). The molecule has 2 heterocycles. The summed E-state index contributed by atoms with van der Waals surface area (Å²) < 4.78 is 70.2. The molecule has 2 aromatic carbocycles. The van der Waals surface area contributed by atoms with E-state index in [9.17, 15) is 21.6 Å².